The van der Waals surface area contributed by atoms with Crippen LogP contribution in [-0.2, 0) is 9.47 Å². The Hall–Kier alpha value is -0.840. The monoisotopic (exact) mass is 239 g/mol. The average molecular weight is 239 g/mol. The maximum Gasteiger partial charge on any atom is 0.120 e. The molecule has 1 aromatic heterocycles. The fraction of sp³-hybridized carbons (Fsp3) is 0.692. The van der Waals surface area contributed by atoms with E-state index in [0.29, 0.717) is 12.7 Å². The van der Waals surface area contributed by atoms with Crippen molar-refractivity contribution in [3.05, 3.63) is 24.2 Å². The van der Waals surface area contributed by atoms with Crippen LogP contribution in [0.4, 0.5) is 0 Å². The number of hydrogen-bond donors (Lipinski definition) is 1. The summed E-state index contributed by atoms with van der Waals surface area (Å²) in [5.74, 6) is 0.962. The molecule has 96 valence electrons. The van der Waals surface area contributed by atoms with Gasteiger partial charge in [0.2, 0.25) is 0 Å². The molecule has 1 aliphatic rings. The Kier molecular flexibility index (Phi) is 5.04. The van der Waals surface area contributed by atoms with Crippen molar-refractivity contribution in [2.75, 3.05) is 26.4 Å². The molecule has 0 amide bonds. The first-order valence-corrected chi connectivity index (χ1v) is 6.32. The van der Waals surface area contributed by atoms with Gasteiger partial charge in [0.1, 0.15) is 5.76 Å². The normalized spacial score (nSPS) is 21.8. The molecule has 0 spiro atoms. The molecule has 2 atom stereocenters. The molecule has 1 aliphatic heterocycles. The molecular formula is C13H21NO3. The highest BCUT2D eigenvalue weighted by Crippen LogP contribution is 2.12. The molecule has 2 rings (SSSR count). The van der Waals surface area contributed by atoms with Crippen molar-refractivity contribution in [1.29, 1.82) is 0 Å². The fourth-order valence-corrected chi connectivity index (χ4v) is 1.98. The third-order valence-corrected chi connectivity index (χ3v) is 2.99. The lowest BCUT2D eigenvalue weighted by Gasteiger charge is -2.13. The lowest BCUT2D eigenvalue weighted by atomic mass is 10.2. The molecule has 2 unspecified atom stereocenters. The molecule has 0 bridgehead atoms. The molecule has 0 saturated carbocycles. The predicted molar refractivity (Wildman–Crippen MR) is 64.9 cm³/mol. The number of nitrogens with one attached hydrogen (secondary N) is 1. The SMILES string of the molecule is CC(NCCOCC1CCCO1)c1ccco1. The van der Waals surface area contributed by atoms with Crippen molar-refractivity contribution in [1.82, 2.24) is 5.32 Å². The molecule has 1 N–H and O–H groups in total. The van der Waals surface area contributed by atoms with Crippen LogP contribution in [0.25, 0.3) is 0 Å². The summed E-state index contributed by atoms with van der Waals surface area (Å²) in [6.07, 6.45) is 4.32. The lowest BCUT2D eigenvalue weighted by molar-refractivity contribution is 0.0178. The Bertz CT molecular complexity index is 294. The van der Waals surface area contributed by atoms with E-state index in [2.05, 4.69) is 12.2 Å². The van der Waals surface area contributed by atoms with E-state index >= 15 is 0 Å². The Morgan fingerprint density at radius 2 is 2.53 bits per heavy atom. The van der Waals surface area contributed by atoms with Gasteiger partial charge in [-0.05, 0) is 31.9 Å². The van der Waals surface area contributed by atoms with E-state index in [-0.39, 0.29) is 6.04 Å². The molecule has 4 heteroatoms. The zero-order chi connectivity index (χ0) is 11.9. The topological polar surface area (TPSA) is 43.6 Å². The van der Waals surface area contributed by atoms with Crippen LogP contribution in [0.3, 0.4) is 0 Å². The summed E-state index contributed by atoms with van der Waals surface area (Å²) in [6.45, 7) is 5.23. The molecule has 17 heavy (non-hydrogen) atoms. The Morgan fingerprint density at radius 1 is 1.59 bits per heavy atom. The van der Waals surface area contributed by atoms with Crippen LogP contribution in [0.5, 0.6) is 0 Å². The molecule has 2 heterocycles. The number of hydrogen-bond acceptors (Lipinski definition) is 4. The second-order valence-electron chi connectivity index (χ2n) is 4.40. The number of furan rings is 1. The zero-order valence-electron chi connectivity index (χ0n) is 10.4. The predicted octanol–water partition coefficient (Wildman–Crippen LogP) is 2.13. The maximum absolute atomic E-state index is 5.57. The molecule has 0 radical (unpaired) electrons. The second-order valence-corrected chi connectivity index (χ2v) is 4.40. The van der Waals surface area contributed by atoms with E-state index in [1.54, 1.807) is 6.26 Å². The van der Waals surface area contributed by atoms with E-state index in [1.165, 1.54) is 6.42 Å². The summed E-state index contributed by atoms with van der Waals surface area (Å²) >= 11 is 0. The molecule has 1 fully saturated rings. The summed E-state index contributed by atoms with van der Waals surface area (Å²) in [7, 11) is 0. The van der Waals surface area contributed by atoms with E-state index < -0.39 is 0 Å². The van der Waals surface area contributed by atoms with Gasteiger partial charge in [0, 0.05) is 13.2 Å². The van der Waals surface area contributed by atoms with Gasteiger partial charge in [-0.25, -0.2) is 0 Å². The minimum absolute atomic E-state index is 0.233. The Morgan fingerprint density at radius 3 is 3.24 bits per heavy atom. The highest BCUT2D eigenvalue weighted by atomic mass is 16.5. The van der Waals surface area contributed by atoms with Crippen LogP contribution in [0, 0.1) is 0 Å². The third kappa shape index (κ3) is 4.15. The van der Waals surface area contributed by atoms with Crippen LogP contribution in [0.15, 0.2) is 22.8 Å². The molecular weight excluding hydrogens is 218 g/mol. The standard InChI is InChI=1S/C13H21NO3/c1-11(13-5-3-8-17-13)14-6-9-15-10-12-4-2-7-16-12/h3,5,8,11-12,14H,2,4,6-7,9-10H2,1H3. The first-order chi connectivity index (χ1) is 8.36. The van der Waals surface area contributed by atoms with Crippen molar-refractivity contribution in [3.8, 4) is 0 Å². The van der Waals surface area contributed by atoms with Crippen LogP contribution in [0.1, 0.15) is 31.6 Å². The largest absolute Gasteiger partial charge is 0.468 e. The van der Waals surface area contributed by atoms with Gasteiger partial charge in [-0.2, -0.15) is 0 Å². The average Bonchev–Trinajstić information content (AvgIpc) is 3.01. The lowest BCUT2D eigenvalue weighted by Crippen LogP contribution is -2.24. The third-order valence-electron chi connectivity index (χ3n) is 2.99. The fourth-order valence-electron chi connectivity index (χ4n) is 1.98. The molecule has 0 aliphatic carbocycles. The molecule has 0 aromatic carbocycles. The van der Waals surface area contributed by atoms with Crippen molar-refractivity contribution in [3.63, 3.8) is 0 Å². The van der Waals surface area contributed by atoms with Gasteiger partial charge in [-0.3, -0.25) is 0 Å². The quantitative estimate of drug-likeness (QED) is 0.740. The van der Waals surface area contributed by atoms with Crippen molar-refractivity contribution in [2.45, 2.75) is 31.9 Å². The molecule has 4 nitrogen and oxygen atoms in total. The van der Waals surface area contributed by atoms with Crippen molar-refractivity contribution >= 4 is 0 Å². The van der Waals surface area contributed by atoms with Gasteiger partial charge in [-0.15, -0.1) is 0 Å². The summed E-state index contributed by atoms with van der Waals surface area (Å²) in [4.78, 5) is 0. The minimum atomic E-state index is 0.233. The van der Waals surface area contributed by atoms with Gasteiger partial charge in [-0.1, -0.05) is 0 Å². The first kappa shape index (κ1) is 12.6. The van der Waals surface area contributed by atoms with Gasteiger partial charge in [0.15, 0.2) is 0 Å². The molecule has 1 aromatic rings. The van der Waals surface area contributed by atoms with E-state index in [9.17, 15) is 0 Å². The smallest absolute Gasteiger partial charge is 0.120 e. The number of ether oxygens (including phenoxy) is 2. The van der Waals surface area contributed by atoms with Gasteiger partial charge in [0.25, 0.3) is 0 Å². The van der Waals surface area contributed by atoms with Gasteiger partial charge in [0.05, 0.1) is 31.6 Å². The second kappa shape index (κ2) is 6.79. The summed E-state index contributed by atoms with van der Waals surface area (Å²) in [6, 6.07) is 4.11. The van der Waals surface area contributed by atoms with Crippen LogP contribution >= 0.6 is 0 Å². The van der Waals surface area contributed by atoms with Crippen molar-refractivity contribution < 1.29 is 13.9 Å². The van der Waals surface area contributed by atoms with Crippen LogP contribution in [-0.4, -0.2) is 32.5 Å². The van der Waals surface area contributed by atoms with E-state index in [4.69, 9.17) is 13.9 Å². The minimum Gasteiger partial charge on any atom is -0.468 e. The first-order valence-electron chi connectivity index (χ1n) is 6.32. The number of rotatable bonds is 7. The summed E-state index contributed by atoms with van der Waals surface area (Å²) in [5.41, 5.74) is 0. The highest BCUT2D eigenvalue weighted by Gasteiger charge is 2.15. The van der Waals surface area contributed by atoms with E-state index in [0.717, 1.165) is 31.9 Å². The summed E-state index contributed by atoms with van der Waals surface area (Å²) < 4.78 is 16.4. The Labute approximate surface area is 102 Å². The van der Waals surface area contributed by atoms with E-state index in [1.807, 2.05) is 12.1 Å². The van der Waals surface area contributed by atoms with Crippen LogP contribution in [0.2, 0.25) is 0 Å². The van der Waals surface area contributed by atoms with Crippen LogP contribution < -0.4 is 5.32 Å². The molecule has 1 saturated heterocycles. The zero-order valence-corrected chi connectivity index (χ0v) is 10.4. The van der Waals surface area contributed by atoms with Crippen molar-refractivity contribution in [2.24, 2.45) is 0 Å². The highest BCUT2D eigenvalue weighted by molar-refractivity contribution is 5.02. The van der Waals surface area contributed by atoms with Gasteiger partial charge >= 0.3 is 0 Å². The Balaban J connectivity index is 1.51. The van der Waals surface area contributed by atoms with Gasteiger partial charge < -0.3 is 19.2 Å². The summed E-state index contributed by atoms with van der Waals surface area (Å²) in [5, 5.41) is 3.35. The maximum atomic E-state index is 5.57.